The molecule has 0 spiro atoms. The molecule has 0 N–H and O–H groups in total. The van der Waals surface area contributed by atoms with Gasteiger partial charge in [0.15, 0.2) is 8.07 Å². The number of fused-ring (bicyclic) bond motifs is 6. The van der Waals surface area contributed by atoms with E-state index in [0.717, 1.165) is 11.4 Å². The van der Waals surface area contributed by atoms with Crippen LogP contribution in [-0.4, -0.2) is 17.2 Å². The van der Waals surface area contributed by atoms with E-state index >= 15 is 0 Å². The van der Waals surface area contributed by atoms with Crippen LogP contribution in [0.3, 0.4) is 0 Å². The third kappa shape index (κ3) is 6.78. The summed E-state index contributed by atoms with van der Waals surface area (Å²) in [6.07, 6.45) is 0. The maximum absolute atomic E-state index is 3.04. The molecule has 0 aliphatic rings. The highest BCUT2D eigenvalue weighted by molar-refractivity contribution is 7.20. The third-order valence-corrected chi connectivity index (χ3v) is 19.0. The van der Waals surface area contributed by atoms with E-state index in [1.54, 1.807) is 0 Å². The molecule has 2 heterocycles. The van der Waals surface area contributed by atoms with Crippen LogP contribution in [0.4, 0.5) is 0 Å². The Morgan fingerprint density at radius 2 is 0.609 bits per heavy atom. The summed E-state index contributed by atoms with van der Waals surface area (Å²) in [6, 6.07) is 104. The highest BCUT2D eigenvalue weighted by Gasteiger charge is 2.42. The third-order valence-electron chi connectivity index (χ3n) is 14.2. The van der Waals surface area contributed by atoms with Gasteiger partial charge in [-0.2, -0.15) is 0 Å². The standard InChI is InChI=1S/C66H46N2Si/c1-6-21-47(22-7-1)50-27-20-28-53(42-50)67-63-35-18-16-33-59(63)61-45-54(37-39-65(61)67)68-64-36-19-17-34-60(64)62-46-57(38-40-66(62)68)69(55-29-12-4-13-30-55,56-31-14-5-15-32-56)58-43-51(48-23-8-2-9-24-48)41-52(44-58)49-25-10-3-11-26-49/h1-46H. The number of nitrogens with zero attached hydrogens (tertiary/aromatic N) is 2. The van der Waals surface area contributed by atoms with Gasteiger partial charge in [-0.15, -0.1) is 0 Å². The molecule has 0 radical (unpaired) electrons. The summed E-state index contributed by atoms with van der Waals surface area (Å²) in [4.78, 5) is 0. The smallest absolute Gasteiger partial charge is 0.179 e. The Morgan fingerprint density at radius 3 is 1.14 bits per heavy atom. The van der Waals surface area contributed by atoms with Crippen LogP contribution >= 0.6 is 0 Å². The van der Waals surface area contributed by atoms with Gasteiger partial charge in [0.05, 0.1) is 22.1 Å². The Labute approximate surface area is 403 Å². The van der Waals surface area contributed by atoms with Crippen molar-refractivity contribution in [2.75, 3.05) is 0 Å². The van der Waals surface area contributed by atoms with Crippen LogP contribution in [0.2, 0.25) is 0 Å². The van der Waals surface area contributed by atoms with E-state index in [0.29, 0.717) is 0 Å². The monoisotopic (exact) mass is 894 g/mol. The summed E-state index contributed by atoms with van der Waals surface area (Å²) in [5, 5.41) is 10.3. The van der Waals surface area contributed by atoms with E-state index in [2.05, 4.69) is 288 Å². The van der Waals surface area contributed by atoms with Gasteiger partial charge >= 0.3 is 0 Å². The second-order valence-corrected chi connectivity index (χ2v) is 21.9. The molecule has 2 aromatic heterocycles. The van der Waals surface area contributed by atoms with Crippen molar-refractivity contribution in [1.82, 2.24) is 9.13 Å². The van der Waals surface area contributed by atoms with Crippen LogP contribution in [0.25, 0.3) is 88.4 Å². The molecule has 0 saturated carbocycles. The van der Waals surface area contributed by atoms with E-state index in [-0.39, 0.29) is 0 Å². The number of hydrogen-bond acceptors (Lipinski definition) is 0. The summed E-state index contributed by atoms with van der Waals surface area (Å²) >= 11 is 0. The minimum absolute atomic E-state index is 1.14. The van der Waals surface area contributed by atoms with Gasteiger partial charge in [0.2, 0.25) is 0 Å². The average Bonchev–Trinajstić information content (AvgIpc) is 3.95. The Kier molecular flexibility index (Phi) is 9.88. The number of aromatic nitrogens is 2. The number of benzene rings is 11. The van der Waals surface area contributed by atoms with Gasteiger partial charge in [-0.1, -0.05) is 224 Å². The SMILES string of the molecule is c1ccc(-c2cccc(-n3c4ccccc4c4cc(-n5c6ccccc6c6cc([Si](c7ccccc7)(c7ccccc7)c7cc(-c8ccccc8)cc(-c8ccccc8)c7)ccc65)ccc43)c2)cc1. The molecule has 11 aromatic carbocycles. The van der Waals surface area contributed by atoms with E-state index in [1.165, 1.54) is 97.7 Å². The summed E-state index contributed by atoms with van der Waals surface area (Å²) in [7, 11) is -3.04. The first kappa shape index (κ1) is 40.5. The van der Waals surface area contributed by atoms with Crippen molar-refractivity contribution in [2.45, 2.75) is 0 Å². The molecule has 0 aliphatic heterocycles. The maximum atomic E-state index is 2.54. The van der Waals surface area contributed by atoms with Crippen molar-refractivity contribution < 1.29 is 0 Å². The van der Waals surface area contributed by atoms with Gasteiger partial charge in [-0.25, -0.2) is 0 Å². The van der Waals surface area contributed by atoms with Crippen LogP contribution in [-0.2, 0) is 0 Å². The van der Waals surface area contributed by atoms with Crippen LogP contribution < -0.4 is 20.7 Å². The van der Waals surface area contributed by atoms with Crippen molar-refractivity contribution >= 4 is 72.4 Å². The molecule has 0 saturated heterocycles. The molecule has 0 amide bonds. The fourth-order valence-corrected chi connectivity index (χ4v) is 16.0. The Balaban J connectivity index is 1.05. The topological polar surface area (TPSA) is 9.86 Å². The van der Waals surface area contributed by atoms with E-state index in [1.807, 2.05) is 0 Å². The fraction of sp³-hybridized carbons (Fsp3) is 0. The molecule has 13 aromatic rings. The Bertz CT molecular complexity index is 3890. The minimum atomic E-state index is -3.04. The first-order valence-corrected chi connectivity index (χ1v) is 25.8. The van der Waals surface area contributed by atoms with Crippen LogP contribution in [0.5, 0.6) is 0 Å². The fourth-order valence-electron chi connectivity index (χ4n) is 11.1. The van der Waals surface area contributed by atoms with Crippen molar-refractivity contribution in [3.63, 3.8) is 0 Å². The van der Waals surface area contributed by atoms with Crippen LogP contribution in [0, 0.1) is 0 Å². The zero-order valence-electron chi connectivity index (χ0n) is 38.0. The zero-order valence-corrected chi connectivity index (χ0v) is 39.0. The lowest BCUT2D eigenvalue weighted by Gasteiger charge is -2.35. The normalized spacial score (nSPS) is 11.8. The summed E-state index contributed by atoms with van der Waals surface area (Å²) in [5.41, 5.74) is 14.3. The summed E-state index contributed by atoms with van der Waals surface area (Å²) in [6.45, 7) is 0. The van der Waals surface area contributed by atoms with Gasteiger partial charge in [0.1, 0.15) is 0 Å². The molecule has 0 bridgehead atoms. The molecule has 3 heteroatoms. The first-order valence-electron chi connectivity index (χ1n) is 23.8. The molecular weight excluding hydrogens is 849 g/mol. The van der Waals surface area contributed by atoms with Crippen LogP contribution in [0.15, 0.2) is 279 Å². The van der Waals surface area contributed by atoms with E-state index in [9.17, 15) is 0 Å². The molecule has 2 nitrogen and oxygen atoms in total. The van der Waals surface area contributed by atoms with Gasteiger partial charge in [0.25, 0.3) is 0 Å². The van der Waals surface area contributed by atoms with Gasteiger partial charge < -0.3 is 9.13 Å². The molecule has 0 unspecified atom stereocenters. The van der Waals surface area contributed by atoms with Gasteiger partial charge in [0, 0.05) is 32.9 Å². The highest BCUT2D eigenvalue weighted by atomic mass is 28.3. The predicted molar refractivity (Wildman–Crippen MR) is 295 cm³/mol. The summed E-state index contributed by atoms with van der Waals surface area (Å²) < 4.78 is 4.90. The quantitative estimate of drug-likeness (QED) is 0.101. The number of rotatable bonds is 9. The number of hydrogen-bond donors (Lipinski definition) is 0. The molecular formula is C66H46N2Si. The van der Waals surface area contributed by atoms with Crippen molar-refractivity contribution in [2.24, 2.45) is 0 Å². The Hall–Kier alpha value is -8.76. The molecule has 0 aliphatic carbocycles. The Morgan fingerprint density at radius 1 is 0.203 bits per heavy atom. The van der Waals surface area contributed by atoms with Crippen LogP contribution in [0.1, 0.15) is 0 Å². The highest BCUT2D eigenvalue weighted by Crippen LogP contribution is 2.38. The average molecular weight is 895 g/mol. The van der Waals surface area contributed by atoms with Crippen molar-refractivity contribution in [3.8, 4) is 44.8 Å². The second kappa shape index (κ2) is 16.8. The molecule has 0 fully saturated rings. The number of para-hydroxylation sites is 2. The molecule has 324 valence electrons. The minimum Gasteiger partial charge on any atom is -0.309 e. The van der Waals surface area contributed by atoms with Gasteiger partial charge in [-0.05, 0) is 109 Å². The zero-order chi connectivity index (χ0) is 45.7. The maximum Gasteiger partial charge on any atom is 0.179 e. The molecule has 13 rings (SSSR count). The predicted octanol–water partition coefficient (Wildman–Crippen LogP) is 14.3. The first-order chi connectivity index (χ1) is 34.2. The second-order valence-electron chi connectivity index (χ2n) is 18.1. The molecule has 0 atom stereocenters. The summed E-state index contributed by atoms with van der Waals surface area (Å²) in [5.74, 6) is 0. The lowest BCUT2D eigenvalue weighted by molar-refractivity contribution is 1.17. The molecule has 69 heavy (non-hydrogen) atoms. The van der Waals surface area contributed by atoms with E-state index in [4.69, 9.17) is 0 Å². The van der Waals surface area contributed by atoms with Crippen molar-refractivity contribution in [3.05, 3.63) is 279 Å². The lowest BCUT2D eigenvalue weighted by atomic mass is 9.99. The van der Waals surface area contributed by atoms with Gasteiger partial charge in [-0.3, -0.25) is 0 Å². The lowest BCUT2D eigenvalue weighted by Crippen LogP contribution is -2.74. The van der Waals surface area contributed by atoms with E-state index < -0.39 is 8.07 Å². The largest absolute Gasteiger partial charge is 0.309 e. The van der Waals surface area contributed by atoms with Crippen molar-refractivity contribution in [1.29, 1.82) is 0 Å².